The second kappa shape index (κ2) is 8.63. The molecule has 2 aromatic carbocycles. The fraction of sp³-hybridized carbons (Fsp3) is 0.400. The van der Waals surface area contributed by atoms with Crippen molar-refractivity contribution in [2.24, 2.45) is 0 Å². The van der Waals surface area contributed by atoms with Gasteiger partial charge in [0.2, 0.25) is 0 Å². The summed E-state index contributed by atoms with van der Waals surface area (Å²) in [7, 11) is 1.70. The topological polar surface area (TPSA) is 59.6 Å². The van der Waals surface area contributed by atoms with Gasteiger partial charge in [0.15, 0.2) is 0 Å². The summed E-state index contributed by atoms with van der Waals surface area (Å²) in [6, 6.07) is 14.5. The molecule has 3 aromatic rings. The number of anilines is 1. The number of H-pyrrole nitrogens is 1. The zero-order valence-electron chi connectivity index (χ0n) is 18.1. The van der Waals surface area contributed by atoms with Gasteiger partial charge in [0, 0.05) is 0 Å². The Labute approximate surface area is 182 Å². The van der Waals surface area contributed by atoms with Crippen LogP contribution in [-0.4, -0.2) is 29.8 Å². The minimum atomic E-state index is -0.0900. The first-order chi connectivity index (χ1) is 15.2. The fourth-order valence-electron chi connectivity index (χ4n) is 4.64. The number of rotatable bonds is 5. The molecule has 5 rings (SSSR count). The average Bonchev–Trinajstić information content (AvgIpc) is 3.28. The highest BCUT2D eigenvalue weighted by Gasteiger charge is 2.31. The van der Waals surface area contributed by atoms with Crippen molar-refractivity contribution in [3.05, 3.63) is 65.7 Å². The van der Waals surface area contributed by atoms with Gasteiger partial charge in [-0.15, -0.1) is 0 Å². The Hall–Kier alpha value is -2.99. The monoisotopic (exact) mass is 419 g/mol. The highest BCUT2D eigenvalue weighted by Crippen LogP contribution is 2.39. The molecule has 0 saturated heterocycles. The highest BCUT2D eigenvalue weighted by molar-refractivity contribution is 5.79. The number of nitrogens with zero attached hydrogens (tertiary/aromatic N) is 2. The normalized spacial score (nSPS) is 20.3. The van der Waals surface area contributed by atoms with Crippen molar-refractivity contribution in [1.82, 2.24) is 9.97 Å². The van der Waals surface area contributed by atoms with Crippen LogP contribution in [0.3, 0.4) is 0 Å². The number of aromatic nitrogens is 2. The zero-order chi connectivity index (χ0) is 21.2. The number of ether oxygens (including phenoxy) is 2. The third kappa shape index (κ3) is 4.00. The van der Waals surface area contributed by atoms with Crippen molar-refractivity contribution < 1.29 is 14.3 Å². The average molecular weight is 420 g/mol. The Kier molecular flexibility index (Phi) is 5.55. The van der Waals surface area contributed by atoms with E-state index in [1.54, 1.807) is 13.4 Å². The number of fused-ring (bicyclic) bond motifs is 1. The van der Waals surface area contributed by atoms with Crippen molar-refractivity contribution in [3.63, 3.8) is 0 Å². The number of hydrogen-bond donors (Lipinski definition) is 1. The molecule has 1 aliphatic carbocycles. The van der Waals surface area contributed by atoms with Crippen molar-refractivity contribution in [1.29, 1.82) is 0 Å². The molecule has 0 spiro atoms. The van der Waals surface area contributed by atoms with Gasteiger partial charge in [0.25, 0.3) is 0 Å². The minimum Gasteiger partial charge on any atom is -0.499 e. The molecule has 0 amide bonds. The van der Waals surface area contributed by atoms with E-state index in [9.17, 15) is 0 Å². The van der Waals surface area contributed by atoms with Crippen LogP contribution in [0.25, 0.3) is 11.0 Å². The maximum absolute atomic E-state index is 6.22. The molecule has 1 saturated carbocycles. The van der Waals surface area contributed by atoms with Crippen LogP contribution in [0, 0.1) is 0 Å². The van der Waals surface area contributed by atoms with Gasteiger partial charge in [-0.2, -0.15) is 0 Å². The van der Waals surface area contributed by atoms with Crippen LogP contribution in [0.1, 0.15) is 50.6 Å². The first kappa shape index (κ1) is 19.9. The Balaban J connectivity index is 1.45. The van der Waals surface area contributed by atoms with Crippen LogP contribution in [0.5, 0.6) is 5.75 Å². The number of imidazole rings is 1. The second-order valence-electron chi connectivity index (χ2n) is 8.36. The Bertz CT molecular complexity index is 1070. The lowest BCUT2D eigenvalue weighted by Crippen LogP contribution is -2.35. The molecular formula is C25H29N3O3. The highest BCUT2D eigenvalue weighted by atomic mass is 16.7. The van der Waals surface area contributed by atoms with E-state index < -0.39 is 0 Å². The Morgan fingerprint density at radius 1 is 1.06 bits per heavy atom. The van der Waals surface area contributed by atoms with Crippen LogP contribution in [-0.2, 0) is 9.57 Å². The summed E-state index contributed by atoms with van der Waals surface area (Å²) in [5, 5.41) is 1.97. The number of aromatic amines is 1. The van der Waals surface area contributed by atoms with Crippen molar-refractivity contribution in [3.8, 4) is 5.75 Å². The summed E-state index contributed by atoms with van der Waals surface area (Å²) in [5.41, 5.74) is 5.16. The summed E-state index contributed by atoms with van der Waals surface area (Å²) in [6.07, 6.45) is 8.22. The molecule has 1 N–H and O–H groups in total. The molecule has 0 bridgehead atoms. The van der Waals surface area contributed by atoms with Crippen molar-refractivity contribution >= 4 is 16.7 Å². The molecular weight excluding hydrogens is 390 g/mol. The van der Waals surface area contributed by atoms with E-state index in [2.05, 4.69) is 47.2 Å². The van der Waals surface area contributed by atoms with Gasteiger partial charge in [-0.1, -0.05) is 18.6 Å². The number of hydrogen-bond acceptors (Lipinski definition) is 5. The zero-order valence-corrected chi connectivity index (χ0v) is 18.1. The summed E-state index contributed by atoms with van der Waals surface area (Å²) in [6.45, 7) is 2.52. The molecule has 6 heteroatoms. The fourth-order valence-corrected chi connectivity index (χ4v) is 4.64. The molecule has 6 nitrogen and oxygen atoms in total. The Morgan fingerprint density at radius 2 is 1.87 bits per heavy atom. The molecule has 1 unspecified atom stereocenters. The molecule has 1 fully saturated rings. The summed E-state index contributed by atoms with van der Waals surface area (Å²) in [4.78, 5) is 13.7. The SMILES string of the molecule is COC1=C(C)C(c2ccc(OC3CCCCC3)cc2)N(c2ccc3nc[nH]c3c2)OC1. The summed E-state index contributed by atoms with van der Waals surface area (Å²) < 4.78 is 11.8. The summed E-state index contributed by atoms with van der Waals surface area (Å²) in [5.74, 6) is 1.80. The number of methoxy groups -OCH3 is 1. The van der Waals surface area contributed by atoms with E-state index >= 15 is 0 Å². The van der Waals surface area contributed by atoms with Gasteiger partial charge in [-0.25, -0.2) is 10.0 Å². The maximum Gasteiger partial charge on any atom is 0.132 e. The quantitative estimate of drug-likeness (QED) is 0.576. The van der Waals surface area contributed by atoms with Gasteiger partial charge in [0.1, 0.15) is 24.2 Å². The van der Waals surface area contributed by atoms with E-state index in [1.165, 1.54) is 19.3 Å². The maximum atomic E-state index is 6.22. The first-order valence-electron chi connectivity index (χ1n) is 11.1. The molecule has 31 heavy (non-hydrogen) atoms. The largest absolute Gasteiger partial charge is 0.499 e. The lowest BCUT2D eigenvalue weighted by atomic mass is 9.96. The molecule has 1 atom stereocenters. The van der Waals surface area contributed by atoms with Crippen molar-refractivity contribution in [2.75, 3.05) is 18.8 Å². The standard InChI is InChI=1S/C25H29N3O3/c1-17-24(29-2)15-30-28(19-10-13-22-23(14-19)27-16-26-22)25(17)18-8-11-21(12-9-18)31-20-6-4-3-5-7-20/h8-14,16,20,25H,3-7,15H2,1-2H3,(H,26,27). The third-order valence-corrected chi connectivity index (χ3v) is 6.37. The lowest BCUT2D eigenvalue weighted by Gasteiger charge is -2.38. The van der Waals surface area contributed by atoms with E-state index in [4.69, 9.17) is 14.3 Å². The van der Waals surface area contributed by atoms with Crippen molar-refractivity contribution in [2.45, 2.75) is 51.2 Å². The van der Waals surface area contributed by atoms with Gasteiger partial charge in [-0.05, 0) is 74.1 Å². The van der Waals surface area contributed by atoms with E-state index in [-0.39, 0.29) is 6.04 Å². The second-order valence-corrected chi connectivity index (χ2v) is 8.36. The van der Waals surface area contributed by atoms with E-state index in [1.807, 2.05) is 17.2 Å². The number of hydroxylamine groups is 1. The molecule has 0 radical (unpaired) electrons. The smallest absolute Gasteiger partial charge is 0.132 e. The van der Waals surface area contributed by atoms with Crippen LogP contribution in [0.4, 0.5) is 5.69 Å². The van der Waals surface area contributed by atoms with Crippen LogP contribution in [0.15, 0.2) is 60.1 Å². The molecule has 162 valence electrons. The number of benzene rings is 2. The lowest BCUT2D eigenvalue weighted by molar-refractivity contribution is 0.0600. The molecule has 1 aromatic heterocycles. The van der Waals surface area contributed by atoms with E-state index in [0.29, 0.717) is 12.7 Å². The summed E-state index contributed by atoms with van der Waals surface area (Å²) >= 11 is 0. The Morgan fingerprint density at radius 3 is 2.65 bits per heavy atom. The number of nitrogens with one attached hydrogen (secondary N) is 1. The van der Waals surface area contributed by atoms with Crippen LogP contribution < -0.4 is 9.80 Å². The third-order valence-electron chi connectivity index (χ3n) is 6.37. The minimum absolute atomic E-state index is 0.0900. The van der Waals surface area contributed by atoms with Gasteiger partial charge in [0.05, 0.1) is 36.3 Å². The van der Waals surface area contributed by atoms with Crippen LogP contribution in [0.2, 0.25) is 0 Å². The van der Waals surface area contributed by atoms with E-state index in [0.717, 1.165) is 52.2 Å². The molecule has 2 aliphatic rings. The van der Waals surface area contributed by atoms with Gasteiger partial charge < -0.3 is 14.5 Å². The predicted molar refractivity (Wildman–Crippen MR) is 121 cm³/mol. The van der Waals surface area contributed by atoms with Gasteiger partial charge >= 0.3 is 0 Å². The molecule has 1 aliphatic heterocycles. The van der Waals surface area contributed by atoms with Crippen LogP contribution >= 0.6 is 0 Å². The first-order valence-corrected chi connectivity index (χ1v) is 11.1. The predicted octanol–water partition coefficient (Wildman–Crippen LogP) is 5.69. The van der Waals surface area contributed by atoms with Gasteiger partial charge in [-0.3, -0.25) is 4.84 Å². The molecule has 2 heterocycles.